The first-order valence-corrected chi connectivity index (χ1v) is 10.3. The fourth-order valence-corrected chi connectivity index (χ4v) is 3.59. The van der Waals surface area contributed by atoms with Crippen LogP contribution in [0, 0.1) is 11.7 Å². The van der Waals surface area contributed by atoms with Gasteiger partial charge in [0.15, 0.2) is 11.6 Å². The van der Waals surface area contributed by atoms with E-state index in [2.05, 4.69) is 27.3 Å². The Morgan fingerprint density at radius 3 is 2.84 bits per heavy atom. The first-order chi connectivity index (χ1) is 15.2. The highest BCUT2D eigenvalue weighted by molar-refractivity contribution is 5.91. The summed E-state index contributed by atoms with van der Waals surface area (Å²) in [6.07, 6.45) is 7.20. The molecule has 4 rings (SSSR count). The van der Waals surface area contributed by atoms with Gasteiger partial charge in [0.05, 0.1) is 6.20 Å². The molecule has 1 N–H and O–H groups in total. The molecule has 6 heteroatoms. The maximum Gasteiger partial charge on any atom is 0.244 e. The van der Waals surface area contributed by atoms with Gasteiger partial charge in [-0.25, -0.2) is 4.39 Å². The Bertz CT molecular complexity index is 1040. The topological polar surface area (TPSA) is 54.5 Å². The predicted octanol–water partition coefficient (Wildman–Crippen LogP) is 4.67. The lowest BCUT2D eigenvalue weighted by atomic mass is 10.1. The Labute approximate surface area is 181 Å². The van der Waals surface area contributed by atoms with E-state index in [1.807, 2.05) is 18.2 Å². The molecule has 0 aliphatic carbocycles. The van der Waals surface area contributed by atoms with Crippen LogP contribution in [0.1, 0.15) is 12.0 Å². The predicted molar refractivity (Wildman–Crippen MR) is 120 cm³/mol. The van der Waals surface area contributed by atoms with Crippen molar-refractivity contribution in [3.05, 3.63) is 90.5 Å². The minimum absolute atomic E-state index is 0.110. The highest BCUT2D eigenvalue weighted by Crippen LogP contribution is 2.25. The van der Waals surface area contributed by atoms with E-state index in [0.29, 0.717) is 23.8 Å². The van der Waals surface area contributed by atoms with Crippen LogP contribution < -0.4 is 15.0 Å². The van der Waals surface area contributed by atoms with E-state index < -0.39 is 5.82 Å². The van der Waals surface area contributed by atoms with Gasteiger partial charge in [0, 0.05) is 37.6 Å². The quantitative estimate of drug-likeness (QED) is 0.568. The number of pyridine rings is 1. The van der Waals surface area contributed by atoms with E-state index in [0.717, 1.165) is 19.5 Å². The van der Waals surface area contributed by atoms with Crippen molar-refractivity contribution in [1.29, 1.82) is 0 Å². The van der Waals surface area contributed by atoms with Crippen LogP contribution in [0.4, 0.5) is 10.1 Å². The number of anilines is 1. The molecule has 5 nitrogen and oxygen atoms in total. The van der Waals surface area contributed by atoms with Gasteiger partial charge in [0.2, 0.25) is 5.91 Å². The summed E-state index contributed by atoms with van der Waals surface area (Å²) in [5.41, 5.74) is 1.80. The monoisotopic (exact) mass is 417 g/mol. The second-order valence-electron chi connectivity index (χ2n) is 7.50. The number of amides is 1. The van der Waals surface area contributed by atoms with Crippen LogP contribution in [0.25, 0.3) is 6.08 Å². The first-order valence-electron chi connectivity index (χ1n) is 10.3. The van der Waals surface area contributed by atoms with Gasteiger partial charge in [-0.3, -0.25) is 9.78 Å². The Balaban J connectivity index is 1.26. The van der Waals surface area contributed by atoms with Crippen LogP contribution in [0.3, 0.4) is 0 Å². The van der Waals surface area contributed by atoms with Gasteiger partial charge >= 0.3 is 0 Å². The van der Waals surface area contributed by atoms with E-state index in [4.69, 9.17) is 4.74 Å². The molecule has 0 saturated carbocycles. The molecule has 0 bridgehead atoms. The number of aromatic nitrogens is 1. The van der Waals surface area contributed by atoms with Crippen LogP contribution in [-0.2, 0) is 4.79 Å². The summed E-state index contributed by atoms with van der Waals surface area (Å²) in [6.45, 7) is 2.55. The van der Waals surface area contributed by atoms with Gasteiger partial charge in [-0.1, -0.05) is 24.3 Å². The third-order valence-electron chi connectivity index (χ3n) is 5.22. The van der Waals surface area contributed by atoms with Crippen molar-refractivity contribution >= 4 is 17.7 Å². The molecule has 1 aliphatic heterocycles. The van der Waals surface area contributed by atoms with Gasteiger partial charge in [-0.2, -0.15) is 0 Å². The van der Waals surface area contributed by atoms with Gasteiger partial charge in [0.1, 0.15) is 5.75 Å². The number of benzene rings is 2. The Kier molecular flexibility index (Phi) is 6.57. The zero-order valence-electron chi connectivity index (χ0n) is 17.1. The fraction of sp³-hybridized carbons (Fsp3) is 0.200. The molecule has 1 saturated heterocycles. The van der Waals surface area contributed by atoms with Gasteiger partial charge < -0.3 is 15.0 Å². The summed E-state index contributed by atoms with van der Waals surface area (Å²) in [5.74, 6) is 0.298. The van der Waals surface area contributed by atoms with E-state index >= 15 is 0 Å². The maximum atomic E-state index is 14.3. The lowest BCUT2D eigenvalue weighted by Crippen LogP contribution is -2.29. The van der Waals surface area contributed by atoms with Crippen molar-refractivity contribution in [2.45, 2.75) is 6.42 Å². The maximum absolute atomic E-state index is 14.3. The number of nitrogens with one attached hydrogen (secondary N) is 1. The number of para-hydroxylation sites is 1. The normalized spacial score (nSPS) is 15.9. The van der Waals surface area contributed by atoms with Gasteiger partial charge in [-0.15, -0.1) is 0 Å². The summed E-state index contributed by atoms with van der Waals surface area (Å²) >= 11 is 0. The SMILES string of the molecule is O=C(/C=C/c1ccc(Oc2cccnc2)c(F)c1)NCC1CCN(c2ccccc2)C1. The molecule has 1 aromatic heterocycles. The largest absolute Gasteiger partial charge is 0.453 e. The Morgan fingerprint density at radius 1 is 1.19 bits per heavy atom. The average Bonchev–Trinajstić information content (AvgIpc) is 3.28. The van der Waals surface area contributed by atoms with Crippen molar-refractivity contribution in [3.63, 3.8) is 0 Å². The number of hydrogen-bond donors (Lipinski definition) is 1. The van der Waals surface area contributed by atoms with Gasteiger partial charge in [-0.05, 0) is 60.4 Å². The number of carbonyl (C=O) groups is 1. The number of rotatable bonds is 7. The molecule has 0 spiro atoms. The minimum atomic E-state index is -0.502. The van der Waals surface area contributed by atoms with Crippen molar-refractivity contribution < 1.29 is 13.9 Å². The molecule has 1 aliphatic rings. The Hall–Kier alpha value is -3.67. The number of ether oxygens (including phenoxy) is 1. The number of halogens is 1. The molecule has 2 aromatic carbocycles. The average molecular weight is 417 g/mol. The summed E-state index contributed by atoms with van der Waals surface area (Å²) < 4.78 is 19.8. The molecular formula is C25H24FN3O2. The molecule has 1 fully saturated rings. The van der Waals surface area contributed by atoms with Crippen molar-refractivity contribution in [2.75, 3.05) is 24.5 Å². The van der Waals surface area contributed by atoms with Crippen LogP contribution in [-0.4, -0.2) is 30.5 Å². The second kappa shape index (κ2) is 9.89. The van der Waals surface area contributed by atoms with E-state index in [-0.39, 0.29) is 11.7 Å². The molecule has 2 heterocycles. The third kappa shape index (κ3) is 5.69. The highest BCUT2D eigenvalue weighted by Gasteiger charge is 2.22. The van der Waals surface area contributed by atoms with Crippen LogP contribution in [0.2, 0.25) is 0 Å². The zero-order valence-corrected chi connectivity index (χ0v) is 17.1. The Morgan fingerprint density at radius 2 is 2.06 bits per heavy atom. The van der Waals surface area contributed by atoms with E-state index in [1.54, 1.807) is 30.5 Å². The zero-order chi connectivity index (χ0) is 21.5. The molecule has 1 unspecified atom stereocenters. The molecule has 1 amide bonds. The summed E-state index contributed by atoms with van der Waals surface area (Å²) in [5, 5.41) is 2.95. The van der Waals surface area contributed by atoms with Crippen LogP contribution >= 0.6 is 0 Å². The first kappa shape index (κ1) is 20.6. The smallest absolute Gasteiger partial charge is 0.244 e. The van der Waals surface area contributed by atoms with E-state index in [9.17, 15) is 9.18 Å². The lowest BCUT2D eigenvalue weighted by molar-refractivity contribution is -0.116. The third-order valence-corrected chi connectivity index (χ3v) is 5.22. The standard InChI is InChI=1S/C25H24FN3O2/c26-23-15-19(8-10-24(23)31-22-7-4-13-27-17-22)9-11-25(30)28-16-20-12-14-29(18-20)21-5-2-1-3-6-21/h1-11,13,15,17,20H,12,14,16,18H2,(H,28,30)/b11-9+. The number of carbonyl (C=O) groups excluding carboxylic acids is 1. The molecule has 31 heavy (non-hydrogen) atoms. The number of nitrogens with zero attached hydrogens (tertiary/aromatic N) is 2. The van der Waals surface area contributed by atoms with Crippen LogP contribution in [0.15, 0.2) is 79.1 Å². The van der Waals surface area contributed by atoms with Crippen LogP contribution in [0.5, 0.6) is 11.5 Å². The van der Waals surface area contributed by atoms with Crippen molar-refractivity contribution in [3.8, 4) is 11.5 Å². The summed E-state index contributed by atoms with van der Waals surface area (Å²) in [6, 6.07) is 18.3. The number of hydrogen-bond acceptors (Lipinski definition) is 4. The molecule has 0 radical (unpaired) electrons. The fourth-order valence-electron chi connectivity index (χ4n) is 3.59. The lowest BCUT2D eigenvalue weighted by Gasteiger charge is -2.18. The molecule has 1 atom stereocenters. The second-order valence-corrected chi connectivity index (χ2v) is 7.50. The summed E-state index contributed by atoms with van der Waals surface area (Å²) in [4.78, 5) is 18.5. The summed E-state index contributed by atoms with van der Waals surface area (Å²) in [7, 11) is 0. The molecule has 158 valence electrons. The highest BCUT2D eigenvalue weighted by atomic mass is 19.1. The van der Waals surface area contributed by atoms with E-state index in [1.165, 1.54) is 30.1 Å². The van der Waals surface area contributed by atoms with Crippen molar-refractivity contribution in [1.82, 2.24) is 10.3 Å². The van der Waals surface area contributed by atoms with Crippen molar-refractivity contribution in [2.24, 2.45) is 5.92 Å². The molecular weight excluding hydrogens is 393 g/mol. The van der Waals surface area contributed by atoms with Gasteiger partial charge in [0.25, 0.3) is 0 Å². The molecule has 3 aromatic rings. The minimum Gasteiger partial charge on any atom is -0.453 e.